The van der Waals surface area contributed by atoms with E-state index in [0.29, 0.717) is 0 Å². The van der Waals surface area contributed by atoms with Crippen molar-refractivity contribution in [3.63, 3.8) is 0 Å². The first kappa shape index (κ1) is 30.6. The van der Waals surface area contributed by atoms with E-state index < -0.39 is 0 Å². The van der Waals surface area contributed by atoms with Gasteiger partial charge in [-0.3, -0.25) is 0 Å². The summed E-state index contributed by atoms with van der Waals surface area (Å²) < 4.78 is 0. The van der Waals surface area contributed by atoms with Gasteiger partial charge in [0.05, 0.1) is 0 Å². The van der Waals surface area contributed by atoms with Crippen molar-refractivity contribution < 1.29 is 0 Å². The van der Waals surface area contributed by atoms with Crippen LogP contribution in [0.15, 0.2) is 0 Å². The van der Waals surface area contributed by atoms with Gasteiger partial charge in [0, 0.05) is 23.6 Å². The lowest BCUT2D eigenvalue weighted by atomic mass is 10.0. The molecule has 0 radical (unpaired) electrons. The highest BCUT2D eigenvalue weighted by molar-refractivity contribution is 9.09. The molecule has 31 heavy (non-hydrogen) atoms. The molecule has 1 heteroatoms. The highest BCUT2D eigenvalue weighted by Gasteiger charge is 2.08. The molecule has 0 spiro atoms. The minimum Gasteiger partial charge on any atom is -0.120 e. The number of terminal acetylenes is 1. The Hall–Kier alpha value is -0.400. The zero-order valence-corrected chi connectivity index (χ0v) is 22.8. The molecule has 2 aliphatic carbocycles. The van der Waals surface area contributed by atoms with Crippen LogP contribution in [-0.4, -0.2) is 4.83 Å². The molecular weight excluding hydrogens is 440 g/mol. The first-order valence-corrected chi connectivity index (χ1v) is 14.7. The van der Waals surface area contributed by atoms with Crippen molar-refractivity contribution in [3.05, 3.63) is 0 Å². The molecule has 0 bridgehead atoms. The van der Waals surface area contributed by atoms with Crippen LogP contribution in [0.1, 0.15) is 155 Å². The number of halogens is 1. The Labute approximate surface area is 205 Å². The first-order valence-electron chi connectivity index (χ1n) is 13.8. The van der Waals surface area contributed by atoms with Crippen molar-refractivity contribution >= 4 is 15.9 Å². The number of unbranched alkanes of at least 4 members (excludes halogenated alkanes) is 8. The van der Waals surface area contributed by atoms with Gasteiger partial charge in [-0.25, -0.2) is 0 Å². The van der Waals surface area contributed by atoms with E-state index in [9.17, 15) is 0 Å². The van der Waals surface area contributed by atoms with Crippen molar-refractivity contribution in [2.45, 2.75) is 160 Å². The molecule has 0 saturated heterocycles. The van der Waals surface area contributed by atoms with E-state index in [0.717, 1.165) is 23.6 Å². The molecule has 0 atom stereocenters. The van der Waals surface area contributed by atoms with Crippen LogP contribution in [0.4, 0.5) is 0 Å². The third-order valence-electron chi connectivity index (χ3n) is 6.28. The van der Waals surface area contributed by atoms with Gasteiger partial charge in [0.1, 0.15) is 0 Å². The Morgan fingerprint density at radius 3 is 1.61 bits per heavy atom. The van der Waals surface area contributed by atoms with Gasteiger partial charge >= 0.3 is 0 Å². The maximum atomic E-state index is 5.06. The van der Waals surface area contributed by atoms with Crippen LogP contribution in [0.25, 0.3) is 0 Å². The third kappa shape index (κ3) is 24.1. The fraction of sp³-hybridized carbons (Fsp3) is 0.867. The zero-order valence-electron chi connectivity index (χ0n) is 21.2. The Morgan fingerprint density at radius 1 is 0.645 bits per heavy atom. The SMILES string of the molecule is BrC1CCCCCC1.C#CCCCCCC.CCCCCCC#CC1CCCCCC1. The van der Waals surface area contributed by atoms with E-state index in [1.54, 1.807) is 0 Å². The summed E-state index contributed by atoms with van der Waals surface area (Å²) in [5.41, 5.74) is 0. The maximum Gasteiger partial charge on any atom is 0.0202 e. The van der Waals surface area contributed by atoms with Gasteiger partial charge in [0.15, 0.2) is 0 Å². The lowest BCUT2D eigenvalue weighted by molar-refractivity contribution is 0.576. The van der Waals surface area contributed by atoms with E-state index in [-0.39, 0.29) is 0 Å². The van der Waals surface area contributed by atoms with Crippen molar-refractivity contribution in [1.29, 1.82) is 0 Å². The molecular formula is C30H53Br. The molecule has 0 aromatic heterocycles. The summed E-state index contributed by atoms with van der Waals surface area (Å²) in [6.45, 7) is 4.47. The van der Waals surface area contributed by atoms with Crippen LogP contribution in [0.3, 0.4) is 0 Å². The highest BCUT2D eigenvalue weighted by Crippen LogP contribution is 2.23. The Morgan fingerprint density at radius 2 is 1.13 bits per heavy atom. The zero-order chi connectivity index (χ0) is 22.8. The van der Waals surface area contributed by atoms with Crippen LogP contribution in [-0.2, 0) is 0 Å². The van der Waals surface area contributed by atoms with Crippen LogP contribution >= 0.6 is 15.9 Å². The molecule has 0 aromatic carbocycles. The van der Waals surface area contributed by atoms with E-state index in [1.165, 1.54) is 128 Å². The summed E-state index contributed by atoms with van der Waals surface area (Å²) in [7, 11) is 0. The fourth-order valence-corrected chi connectivity index (χ4v) is 4.81. The van der Waals surface area contributed by atoms with Gasteiger partial charge in [-0.15, -0.1) is 18.3 Å². The maximum absolute atomic E-state index is 5.06. The summed E-state index contributed by atoms with van der Waals surface area (Å²) in [5, 5.41) is 0. The summed E-state index contributed by atoms with van der Waals surface area (Å²) >= 11 is 3.64. The van der Waals surface area contributed by atoms with Crippen LogP contribution in [0, 0.1) is 30.1 Å². The lowest BCUT2D eigenvalue weighted by Gasteiger charge is -2.03. The van der Waals surface area contributed by atoms with E-state index in [2.05, 4.69) is 47.5 Å². The Kier molecular flexibility index (Phi) is 25.5. The standard InChI is InChI=1S/C15H26.C8H14.C7H13Br/c1-2-3-4-5-6-9-12-15-13-10-7-8-11-14-15;1-3-5-7-8-6-4-2;8-7-5-3-1-2-4-6-7/h15H,2-8,10-11,13-14H2,1H3;1H,4-8H2,2H3;7H,1-6H2. The quantitative estimate of drug-likeness (QED) is 0.136. The smallest absolute Gasteiger partial charge is 0.0202 e. The van der Waals surface area contributed by atoms with Gasteiger partial charge in [0.2, 0.25) is 0 Å². The van der Waals surface area contributed by atoms with Gasteiger partial charge in [0.25, 0.3) is 0 Å². The average molecular weight is 494 g/mol. The minimum atomic E-state index is 0.735. The third-order valence-corrected chi connectivity index (χ3v) is 7.19. The van der Waals surface area contributed by atoms with Crippen molar-refractivity contribution in [2.24, 2.45) is 5.92 Å². The molecule has 0 aromatic rings. The van der Waals surface area contributed by atoms with Crippen LogP contribution in [0.5, 0.6) is 0 Å². The van der Waals surface area contributed by atoms with Crippen LogP contribution < -0.4 is 0 Å². The largest absolute Gasteiger partial charge is 0.120 e. The number of alkyl halides is 1. The summed E-state index contributed by atoms with van der Waals surface area (Å²) in [5.74, 6) is 10.2. The van der Waals surface area contributed by atoms with Crippen molar-refractivity contribution in [2.75, 3.05) is 0 Å². The van der Waals surface area contributed by atoms with Crippen molar-refractivity contribution in [1.82, 2.24) is 0 Å². The van der Waals surface area contributed by atoms with Gasteiger partial charge in [-0.05, 0) is 38.5 Å². The number of rotatable bonds is 8. The molecule has 0 unspecified atom stereocenters. The Balaban J connectivity index is 0.000000477. The summed E-state index contributed by atoms with van der Waals surface area (Å²) in [6, 6.07) is 0. The van der Waals surface area contributed by atoms with Crippen molar-refractivity contribution in [3.8, 4) is 24.2 Å². The monoisotopic (exact) mass is 492 g/mol. The molecule has 180 valence electrons. The lowest BCUT2D eigenvalue weighted by Crippen LogP contribution is -1.93. The molecule has 2 saturated carbocycles. The van der Waals surface area contributed by atoms with E-state index in [4.69, 9.17) is 6.42 Å². The molecule has 0 aliphatic heterocycles. The second kappa shape index (κ2) is 25.9. The molecule has 0 nitrogen and oxygen atoms in total. The van der Waals surface area contributed by atoms with E-state index >= 15 is 0 Å². The normalized spacial score (nSPS) is 17.4. The van der Waals surface area contributed by atoms with Gasteiger partial charge < -0.3 is 0 Å². The minimum absolute atomic E-state index is 0.735. The molecule has 2 rings (SSSR count). The topological polar surface area (TPSA) is 0 Å². The predicted octanol–water partition coefficient (Wildman–Crippen LogP) is 10.6. The highest BCUT2D eigenvalue weighted by atomic mass is 79.9. The Bertz CT molecular complexity index is 433. The molecule has 0 N–H and O–H groups in total. The fourth-order valence-electron chi connectivity index (χ4n) is 4.16. The first-order chi connectivity index (χ1) is 15.2. The molecule has 0 amide bonds. The van der Waals surface area contributed by atoms with Gasteiger partial charge in [-0.2, -0.15) is 0 Å². The summed E-state index contributed by atoms with van der Waals surface area (Å²) in [4.78, 5) is 0.838. The predicted molar refractivity (Wildman–Crippen MR) is 146 cm³/mol. The summed E-state index contributed by atoms with van der Waals surface area (Å²) in [6.07, 6.45) is 34.7. The van der Waals surface area contributed by atoms with Crippen LogP contribution in [0.2, 0.25) is 0 Å². The molecule has 2 aliphatic rings. The molecule has 2 fully saturated rings. The number of hydrogen-bond acceptors (Lipinski definition) is 0. The number of hydrogen-bond donors (Lipinski definition) is 0. The second-order valence-corrected chi connectivity index (χ2v) is 10.7. The van der Waals surface area contributed by atoms with Gasteiger partial charge in [-0.1, -0.05) is 126 Å². The molecule has 0 heterocycles. The second-order valence-electron chi connectivity index (χ2n) is 9.42. The van der Waals surface area contributed by atoms with E-state index in [1.807, 2.05) is 0 Å². The average Bonchev–Trinajstić information content (AvgIpc) is 3.19.